The van der Waals surface area contributed by atoms with Gasteiger partial charge in [0.05, 0.1) is 0 Å². The average molecular weight is 465 g/mol. The van der Waals surface area contributed by atoms with Crippen molar-refractivity contribution < 1.29 is 24.2 Å². The van der Waals surface area contributed by atoms with Crippen LogP contribution in [0.2, 0.25) is 0 Å². The van der Waals surface area contributed by atoms with E-state index >= 15 is 0 Å². The van der Waals surface area contributed by atoms with E-state index in [1.54, 1.807) is 0 Å². The molecule has 4 rings (SSSR count). The first kappa shape index (κ1) is 23.8. The Morgan fingerprint density at radius 2 is 1.71 bits per heavy atom. The third-order valence-corrected chi connectivity index (χ3v) is 7.08. The lowest BCUT2D eigenvalue weighted by Crippen LogP contribution is -2.45. The van der Waals surface area contributed by atoms with Crippen molar-refractivity contribution in [1.29, 1.82) is 0 Å². The van der Waals surface area contributed by atoms with Gasteiger partial charge in [0.25, 0.3) is 0 Å². The molecular formula is C27H32N2O5. The molecule has 0 spiro atoms. The second-order valence-electron chi connectivity index (χ2n) is 9.38. The van der Waals surface area contributed by atoms with Crippen LogP contribution in [-0.4, -0.2) is 53.7 Å². The van der Waals surface area contributed by atoms with Gasteiger partial charge in [-0.1, -0.05) is 62.4 Å². The number of nitrogens with one attached hydrogen (secondary N) is 1. The Balaban J connectivity index is 1.22. The van der Waals surface area contributed by atoms with Gasteiger partial charge in [-0.25, -0.2) is 9.59 Å². The van der Waals surface area contributed by atoms with Crippen molar-refractivity contribution in [3.8, 4) is 11.1 Å². The number of alkyl carbamates (subject to hydrolysis) is 1. The molecule has 1 aliphatic heterocycles. The minimum absolute atomic E-state index is 0.0147. The van der Waals surface area contributed by atoms with Gasteiger partial charge in [0.1, 0.15) is 12.6 Å². The number of hydrogen-bond donors (Lipinski definition) is 2. The molecule has 1 aliphatic carbocycles. The monoisotopic (exact) mass is 464 g/mol. The third-order valence-electron chi connectivity index (χ3n) is 7.08. The first-order valence-corrected chi connectivity index (χ1v) is 12.0. The number of likely N-dealkylation sites (tertiary alicyclic amines) is 1. The largest absolute Gasteiger partial charge is 0.480 e. The number of ether oxygens (including phenoxy) is 1. The Bertz CT molecular complexity index is 1020. The fraction of sp³-hybridized carbons (Fsp3) is 0.444. The van der Waals surface area contributed by atoms with Gasteiger partial charge >= 0.3 is 12.1 Å². The zero-order valence-electron chi connectivity index (χ0n) is 19.7. The molecule has 0 saturated carbocycles. The van der Waals surface area contributed by atoms with Crippen LogP contribution in [0.15, 0.2) is 48.5 Å². The second kappa shape index (κ2) is 10.3. The van der Waals surface area contributed by atoms with Crippen LogP contribution in [0, 0.1) is 11.8 Å². The number of rotatable bonds is 8. The summed E-state index contributed by atoms with van der Waals surface area (Å²) in [4.78, 5) is 38.0. The van der Waals surface area contributed by atoms with Crippen molar-refractivity contribution in [2.24, 2.45) is 11.8 Å². The number of fused-ring (bicyclic) bond motifs is 3. The lowest BCUT2D eigenvalue weighted by Gasteiger charge is -2.26. The van der Waals surface area contributed by atoms with Crippen LogP contribution in [0.1, 0.15) is 50.2 Å². The minimum Gasteiger partial charge on any atom is -0.480 e. The topological polar surface area (TPSA) is 95.9 Å². The molecule has 2 N–H and O–H groups in total. The number of benzene rings is 2. The highest BCUT2D eigenvalue weighted by atomic mass is 16.5. The van der Waals surface area contributed by atoms with Crippen LogP contribution in [0.3, 0.4) is 0 Å². The quantitative estimate of drug-likeness (QED) is 0.569. The molecule has 1 heterocycles. The van der Waals surface area contributed by atoms with E-state index in [-0.39, 0.29) is 30.3 Å². The summed E-state index contributed by atoms with van der Waals surface area (Å²) in [5, 5.41) is 12.2. The molecule has 2 aromatic carbocycles. The molecule has 1 fully saturated rings. The Morgan fingerprint density at radius 3 is 2.32 bits per heavy atom. The van der Waals surface area contributed by atoms with Crippen molar-refractivity contribution in [2.75, 3.05) is 19.7 Å². The van der Waals surface area contributed by atoms with Crippen LogP contribution in [0.25, 0.3) is 11.1 Å². The fourth-order valence-corrected chi connectivity index (χ4v) is 5.23. The smallest absolute Gasteiger partial charge is 0.407 e. The van der Waals surface area contributed by atoms with Crippen molar-refractivity contribution in [3.63, 3.8) is 0 Å². The number of carboxylic acid groups (broad SMARTS) is 1. The van der Waals surface area contributed by atoms with Crippen LogP contribution in [0.5, 0.6) is 0 Å². The highest BCUT2D eigenvalue weighted by Crippen LogP contribution is 2.44. The van der Waals surface area contributed by atoms with E-state index in [9.17, 15) is 19.5 Å². The van der Waals surface area contributed by atoms with Gasteiger partial charge in [-0.2, -0.15) is 0 Å². The molecule has 0 aromatic heterocycles. The SMILES string of the molecule is CC(CCCNC(=O)OCC1c2ccccc2-c2ccccc21)C(=O)N1CCC(C)C1C(=O)O. The second-order valence-corrected chi connectivity index (χ2v) is 9.38. The number of carbonyl (C=O) groups is 3. The van der Waals surface area contributed by atoms with Gasteiger partial charge in [-0.3, -0.25) is 4.79 Å². The molecule has 34 heavy (non-hydrogen) atoms. The zero-order chi connectivity index (χ0) is 24.2. The molecule has 0 bridgehead atoms. The van der Waals surface area contributed by atoms with E-state index < -0.39 is 18.1 Å². The van der Waals surface area contributed by atoms with Crippen LogP contribution >= 0.6 is 0 Å². The van der Waals surface area contributed by atoms with E-state index in [1.165, 1.54) is 27.2 Å². The van der Waals surface area contributed by atoms with E-state index in [0.29, 0.717) is 32.4 Å². The third kappa shape index (κ3) is 4.79. The lowest BCUT2D eigenvalue weighted by atomic mass is 9.98. The van der Waals surface area contributed by atoms with Crippen molar-refractivity contribution >= 4 is 18.0 Å². The molecule has 3 atom stereocenters. The summed E-state index contributed by atoms with van der Waals surface area (Å²) in [6.45, 7) is 4.83. The highest BCUT2D eigenvalue weighted by Gasteiger charge is 2.40. The first-order valence-electron chi connectivity index (χ1n) is 12.0. The number of nitrogens with zero attached hydrogens (tertiary/aromatic N) is 1. The van der Waals surface area contributed by atoms with Crippen molar-refractivity contribution in [3.05, 3.63) is 59.7 Å². The number of carbonyl (C=O) groups excluding carboxylic acids is 2. The number of aliphatic carboxylic acids is 1. The predicted molar refractivity (Wildman–Crippen MR) is 128 cm³/mol. The number of amides is 2. The number of carboxylic acids is 1. The molecule has 7 nitrogen and oxygen atoms in total. The molecule has 7 heteroatoms. The van der Waals surface area contributed by atoms with E-state index in [1.807, 2.05) is 38.1 Å². The average Bonchev–Trinajstić information content (AvgIpc) is 3.38. The Kier molecular flexibility index (Phi) is 7.20. The summed E-state index contributed by atoms with van der Waals surface area (Å²) < 4.78 is 5.54. The maximum atomic E-state index is 12.7. The molecule has 2 amide bonds. The van der Waals surface area contributed by atoms with Crippen molar-refractivity contribution in [2.45, 2.75) is 45.1 Å². The summed E-state index contributed by atoms with van der Waals surface area (Å²) in [6.07, 6.45) is 1.41. The van der Waals surface area contributed by atoms with Gasteiger partial charge < -0.3 is 20.1 Å². The standard InChI is InChI=1S/C27H32N2O5/c1-17-13-15-29(24(17)26(31)32)25(30)18(2)8-7-14-28-27(33)34-16-23-21-11-5-3-9-19(21)20-10-4-6-12-22(20)23/h3-6,9-12,17-18,23-24H,7-8,13-16H2,1-2H3,(H,28,33)(H,31,32). The van der Waals surface area contributed by atoms with Crippen LogP contribution in [-0.2, 0) is 14.3 Å². The van der Waals surface area contributed by atoms with Gasteiger partial charge in [0, 0.05) is 24.9 Å². The molecule has 0 radical (unpaired) electrons. The summed E-state index contributed by atoms with van der Waals surface area (Å²) in [5.41, 5.74) is 4.70. The summed E-state index contributed by atoms with van der Waals surface area (Å²) in [6, 6.07) is 15.6. The molecular weight excluding hydrogens is 432 g/mol. The highest BCUT2D eigenvalue weighted by molar-refractivity contribution is 5.85. The predicted octanol–water partition coefficient (Wildman–Crippen LogP) is 4.26. The summed E-state index contributed by atoms with van der Waals surface area (Å²) in [5.74, 6) is -1.39. The normalized spacial score (nSPS) is 19.9. The van der Waals surface area contributed by atoms with Gasteiger partial charge in [-0.05, 0) is 47.4 Å². The van der Waals surface area contributed by atoms with Gasteiger partial charge in [0.2, 0.25) is 5.91 Å². The maximum absolute atomic E-state index is 12.7. The molecule has 180 valence electrons. The summed E-state index contributed by atoms with van der Waals surface area (Å²) in [7, 11) is 0. The zero-order valence-corrected chi connectivity index (χ0v) is 19.7. The molecule has 2 aromatic rings. The van der Waals surface area contributed by atoms with Gasteiger partial charge in [0.15, 0.2) is 0 Å². The Labute approximate surface area is 200 Å². The fourth-order valence-electron chi connectivity index (χ4n) is 5.23. The maximum Gasteiger partial charge on any atom is 0.407 e. The first-order chi connectivity index (χ1) is 16.4. The molecule has 1 saturated heterocycles. The van der Waals surface area contributed by atoms with Crippen LogP contribution in [0.4, 0.5) is 4.79 Å². The van der Waals surface area contributed by atoms with E-state index in [4.69, 9.17) is 4.74 Å². The molecule has 3 unspecified atom stereocenters. The minimum atomic E-state index is -0.942. The Hall–Kier alpha value is -3.35. The number of hydrogen-bond acceptors (Lipinski definition) is 4. The van der Waals surface area contributed by atoms with Crippen molar-refractivity contribution in [1.82, 2.24) is 10.2 Å². The summed E-state index contributed by atoms with van der Waals surface area (Å²) >= 11 is 0. The lowest BCUT2D eigenvalue weighted by molar-refractivity contribution is -0.150. The van der Waals surface area contributed by atoms with Crippen LogP contribution < -0.4 is 5.32 Å². The Morgan fingerprint density at radius 1 is 1.09 bits per heavy atom. The van der Waals surface area contributed by atoms with Gasteiger partial charge in [-0.15, -0.1) is 0 Å². The van der Waals surface area contributed by atoms with E-state index in [0.717, 1.165) is 0 Å². The molecule has 2 aliphatic rings. The van der Waals surface area contributed by atoms with E-state index in [2.05, 4.69) is 29.6 Å².